The number of phenols is 1. The molecule has 1 fully saturated rings. The third-order valence-corrected chi connectivity index (χ3v) is 2.37. The fourth-order valence-corrected chi connectivity index (χ4v) is 1.59. The van der Waals surface area contributed by atoms with E-state index in [4.69, 9.17) is 4.74 Å². The molecule has 4 nitrogen and oxygen atoms in total. The molecular formula is C11H13NO3. The number of phenolic OH excluding ortho intramolecular Hbond substituents is 1. The van der Waals surface area contributed by atoms with Crippen LogP contribution in [-0.4, -0.2) is 24.2 Å². The minimum absolute atomic E-state index is 0.0117. The molecule has 1 atom stereocenters. The summed E-state index contributed by atoms with van der Waals surface area (Å²) in [5, 5.41) is 12.1. The van der Waals surface area contributed by atoms with Gasteiger partial charge in [-0.25, -0.2) is 0 Å². The van der Waals surface area contributed by atoms with Crippen LogP contribution >= 0.6 is 0 Å². The highest BCUT2D eigenvalue weighted by Crippen LogP contribution is 2.22. The normalized spacial score (nSPS) is 21.9. The predicted molar refractivity (Wildman–Crippen MR) is 54.4 cm³/mol. The molecule has 2 N–H and O–H groups in total. The molecule has 1 heterocycles. The van der Waals surface area contributed by atoms with Crippen LogP contribution in [0.5, 0.6) is 5.75 Å². The van der Waals surface area contributed by atoms with E-state index in [-0.39, 0.29) is 17.8 Å². The van der Waals surface area contributed by atoms with Gasteiger partial charge in [-0.15, -0.1) is 0 Å². The Labute approximate surface area is 87.9 Å². The van der Waals surface area contributed by atoms with Crippen LogP contribution in [0, 0.1) is 0 Å². The Hall–Kier alpha value is -1.55. The average Bonchev–Trinajstić information content (AvgIpc) is 2.43. The highest BCUT2D eigenvalue weighted by Gasteiger charge is 2.17. The van der Waals surface area contributed by atoms with Crippen LogP contribution in [0.25, 0.3) is 0 Å². The van der Waals surface area contributed by atoms with Crippen molar-refractivity contribution in [1.82, 2.24) is 5.32 Å². The van der Waals surface area contributed by atoms with Gasteiger partial charge in [0.1, 0.15) is 5.75 Å². The summed E-state index contributed by atoms with van der Waals surface area (Å²) in [4.78, 5) is 11.1. The summed E-state index contributed by atoms with van der Waals surface area (Å²) >= 11 is 0. The summed E-state index contributed by atoms with van der Waals surface area (Å²) in [6.07, 6.45) is 0.235. The molecule has 0 bridgehead atoms. The van der Waals surface area contributed by atoms with Gasteiger partial charge in [-0.1, -0.05) is 12.1 Å². The lowest BCUT2D eigenvalue weighted by atomic mass is 10.1. The van der Waals surface area contributed by atoms with Crippen molar-refractivity contribution in [2.75, 3.05) is 13.2 Å². The van der Waals surface area contributed by atoms with Crippen molar-refractivity contribution in [3.8, 4) is 5.75 Å². The number of ether oxygens (including phenoxy) is 1. The maximum absolute atomic E-state index is 11.1. The average molecular weight is 207 g/mol. The zero-order chi connectivity index (χ0) is 10.7. The standard InChI is InChI=1S/C11H13NO3/c13-9-3-1-2-8(6-9)10-7-12-11(14)4-5-15-10/h1-3,6,10,13H,4-5,7H2,(H,12,14). The Bertz CT molecular complexity index is 365. The molecule has 1 saturated heterocycles. The van der Waals surface area contributed by atoms with Crippen LogP contribution in [-0.2, 0) is 9.53 Å². The van der Waals surface area contributed by atoms with Crippen molar-refractivity contribution in [1.29, 1.82) is 0 Å². The minimum Gasteiger partial charge on any atom is -0.508 e. The van der Waals surface area contributed by atoms with E-state index in [0.29, 0.717) is 19.6 Å². The van der Waals surface area contributed by atoms with Crippen LogP contribution in [0.4, 0.5) is 0 Å². The van der Waals surface area contributed by atoms with Gasteiger partial charge in [0.25, 0.3) is 0 Å². The largest absolute Gasteiger partial charge is 0.508 e. The first kappa shape index (κ1) is 9.98. The van der Waals surface area contributed by atoms with E-state index in [1.807, 2.05) is 6.07 Å². The number of hydrogen-bond donors (Lipinski definition) is 2. The minimum atomic E-state index is -0.163. The van der Waals surface area contributed by atoms with E-state index >= 15 is 0 Å². The lowest BCUT2D eigenvalue weighted by Gasteiger charge is -2.14. The zero-order valence-corrected chi connectivity index (χ0v) is 8.27. The fourth-order valence-electron chi connectivity index (χ4n) is 1.59. The molecule has 0 spiro atoms. The third-order valence-electron chi connectivity index (χ3n) is 2.37. The summed E-state index contributed by atoms with van der Waals surface area (Å²) in [6.45, 7) is 0.883. The van der Waals surface area contributed by atoms with E-state index in [0.717, 1.165) is 5.56 Å². The number of nitrogens with one attached hydrogen (secondary N) is 1. The second kappa shape index (κ2) is 4.31. The maximum Gasteiger partial charge on any atom is 0.222 e. The second-order valence-electron chi connectivity index (χ2n) is 3.51. The van der Waals surface area contributed by atoms with Gasteiger partial charge >= 0.3 is 0 Å². The van der Waals surface area contributed by atoms with Crippen LogP contribution < -0.4 is 5.32 Å². The molecule has 0 saturated carbocycles. The highest BCUT2D eigenvalue weighted by molar-refractivity contribution is 5.76. The molecule has 1 aliphatic rings. The van der Waals surface area contributed by atoms with E-state index in [2.05, 4.69) is 5.32 Å². The molecule has 0 radical (unpaired) electrons. The Morgan fingerprint density at radius 2 is 2.33 bits per heavy atom. The Kier molecular flexibility index (Phi) is 2.87. The molecule has 0 aliphatic carbocycles. The van der Waals surface area contributed by atoms with Crippen LogP contribution in [0.15, 0.2) is 24.3 Å². The molecule has 15 heavy (non-hydrogen) atoms. The molecule has 1 unspecified atom stereocenters. The Balaban J connectivity index is 2.13. The number of amides is 1. The lowest BCUT2D eigenvalue weighted by Crippen LogP contribution is -2.25. The van der Waals surface area contributed by atoms with Gasteiger partial charge in [0.15, 0.2) is 0 Å². The molecular weight excluding hydrogens is 194 g/mol. The number of benzene rings is 1. The molecule has 4 heteroatoms. The second-order valence-corrected chi connectivity index (χ2v) is 3.51. The van der Waals surface area contributed by atoms with Crippen LogP contribution in [0.1, 0.15) is 18.1 Å². The molecule has 2 rings (SSSR count). The van der Waals surface area contributed by atoms with Gasteiger partial charge in [0.2, 0.25) is 5.91 Å². The summed E-state index contributed by atoms with van der Waals surface area (Å²) in [5.74, 6) is 0.226. The lowest BCUT2D eigenvalue weighted by molar-refractivity contribution is -0.120. The van der Waals surface area contributed by atoms with Crippen molar-refractivity contribution in [3.63, 3.8) is 0 Å². The molecule has 1 aliphatic heterocycles. The third kappa shape index (κ3) is 2.47. The Morgan fingerprint density at radius 3 is 3.13 bits per heavy atom. The van der Waals surface area contributed by atoms with E-state index in [1.165, 1.54) is 0 Å². The Morgan fingerprint density at radius 1 is 1.47 bits per heavy atom. The van der Waals surface area contributed by atoms with Gasteiger partial charge in [0, 0.05) is 13.0 Å². The van der Waals surface area contributed by atoms with Crippen molar-refractivity contribution in [2.24, 2.45) is 0 Å². The van der Waals surface area contributed by atoms with Crippen molar-refractivity contribution in [3.05, 3.63) is 29.8 Å². The fraction of sp³-hybridized carbons (Fsp3) is 0.364. The van der Waals surface area contributed by atoms with Crippen molar-refractivity contribution in [2.45, 2.75) is 12.5 Å². The molecule has 1 aromatic carbocycles. The van der Waals surface area contributed by atoms with Gasteiger partial charge in [-0.2, -0.15) is 0 Å². The summed E-state index contributed by atoms with van der Waals surface area (Å²) < 4.78 is 5.52. The maximum atomic E-state index is 11.1. The summed E-state index contributed by atoms with van der Waals surface area (Å²) in [7, 11) is 0. The van der Waals surface area contributed by atoms with Crippen molar-refractivity contribution >= 4 is 5.91 Å². The smallest absolute Gasteiger partial charge is 0.222 e. The molecule has 1 aromatic rings. The van der Waals surface area contributed by atoms with E-state index in [1.54, 1.807) is 18.2 Å². The topological polar surface area (TPSA) is 58.6 Å². The monoisotopic (exact) mass is 207 g/mol. The number of carbonyl (C=O) groups is 1. The highest BCUT2D eigenvalue weighted by atomic mass is 16.5. The number of aromatic hydroxyl groups is 1. The van der Waals surface area contributed by atoms with Gasteiger partial charge in [-0.05, 0) is 17.7 Å². The first-order valence-corrected chi connectivity index (χ1v) is 4.93. The van der Waals surface area contributed by atoms with Crippen molar-refractivity contribution < 1.29 is 14.6 Å². The molecule has 1 amide bonds. The molecule has 0 aromatic heterocycles. The summed E-state index contributed by atoms with van der Waals surface area (Å²) in [5.41, 5.74) is 0.886. The van der Waals surface area contributed by atoms with Crippen LogP contribution in [0.2, 0.25) is 0 Å². The van der Waals surface area contributed by atoms with E-state index in [9.17, 15) is 9.90 Å². The first-order chi connectivity index (χ1) is 7.25. The van der Waals surface area contributed by atoms with Gasteiger partial charge in [0.05, 0.1) is 12.7 Å². The van der Waals surface area contributed by atoms with Gasteiger partial charge in [-0.3, -0.25) is 4.79 Å². The number of rotatable bonds is 1. The number of hydrogen-bond acceptors (Lipinski definition) is 3. The van der Waals surface area contributed by atoms with Gasteiger partial charge < -0.3 is 15.2 Å². The zero-order valence-electron chi connectivity index (χ0n) is 8.27. The first-order valence-electron chi connectivity index (χ1n) is 4.93. The van der Waals surface area contributed by atoms with E-state index < -0.39 is 0 Å². The number of carbonyl (C=O) groups excluding carboxylic acids is 1. The quantitative estimate of drug-likeness (QED) is 0.721. The van der Waals surface area contributed by atoms with Crippen LogP contribution in [0.3, 0.4) is 0 Å². The summed E-state index contributed by atoms with van der Waals surface area (Å²) in [6, 6.07) is 6.91. The molecule has 80 valence electrons. The SMILES string of the molecule is O=C1CCOC(c2cccc(O)c2)CN1. The predicted octanol–water partition coefficient (Wildman–Crippen LogP) is 0.970.